The molecular formula is C24H49NO2Y2-4. The molecule has 0 saturated heterocycles. The van der Waals surface area contributed by atoms with Gasteiger partial charge in [0, 0.05) is 71.8 Å². The molecule has 0 atom stereocenters. The molecule has 0 rings (SSSR count). The number of unbranched alkanes of at least 4 members (excludes halogenated alkanes) is 2. The molecular weight excluding hydrogens is 512 g/mol. The van der Waals surface area contributed by atoms with Crippen molar-refractivity contribution in [3.8, 4) is 0 Å². The van der Waals surface area contributed by atoms with Crippen molar-refractivity contribution in [2.45, 2.75) is 100 Å². The Labute approximate surface area is 235 Å². The average Bonchev–Trinajstić information content (AvgIpc) is 2.54. The smallest absolute Gasteiger partial charge is 0.187 e. The normalized spacial score (nSPS) is 9.72. The molecule has 2 radical (unpaired) electrons. The van der Waals surface area contributed by atoms with E-state index in [9.17, 15) is 9.59 Å². The summed E-state index contributed by atoms with van der Waals surface area (Å²) in [6.07, 6.45) is 7.24. The topological polar surface area (TPSA) is 46.2 Å². The number of carbonyl (C=O) groups is 2. The Morgan fingerprint density at radius 3 is 1.45 bits per heavy atom. The Morgan fingerprint density at radius 2 is 1.21 bits per heavy atom. The molecule has 0 bridgehead atoms. The average molecular weight is 561 g/mol. The van der Waals surface area contributed by atoms with Crippen LogP contribution in [0.5, 0.6) is 0 Å². The maximum Gasteiger partial charge on any atom is 0.187 e. The minimum absolute atomic E-state index is 0. The van der Waals surface area contributed by atoms with E-state index < -0.39 is 0 Å². The summed E-state index contributed by atoms with van der Waals surface area (Å²) in [7, 11) is 0. The van der Waals surface area contributed by atoms with Crippen LogP contribution in [0.25, 0.3) is 0 Å². The quantitative estimate of drug-likeness (QED) is 0.261. The van der Waals surface area contributed by atoms with Gasteiger partial charge in [-0.1, -0.05) is 67.2 Å². The van der Waals surface area contributed by atoms with Crippen LogP contribution in [-0.4, -0.2) is 18.2 Å². The SMILES string of the molecule is C.[CH2-]CC(=O)CCCCCC(C)(C)C.[CH2-]CC(C)(C)C.[CH2-]CNC(=O)C[CH2-].[Y].[Y]. The van der Waals surface area contributed by atoms with Crippen molar-refractivity contribution in [1.29, 1.82) is 0 Å². The van der Waals surface area contributed by atoms with Gasteiger partial charge < -0.3 is 37.8 Å². The molecule has 1 N–H and O–H groups in total. The molecule has 0 aliphatic rings. The minimum Gasteiger partial charge on any atom is -0.388 e. The first-order valence-electron chi connectivity index (χ1n) is 9.78. The molecule has 0 aliphatic carbocycles. The predicted octanol–water partition coefficient (Wildman–Crippen LogP) is 6.82. The van der Waals surface area contributed by atoms with E-state index in [2.05, 4.69) is 74.6 Å². The molecule has 0 aromatic rings. The Morgan fingerprint density at radius 1 is 0.759 bits per heavy atom. The number of ketones is 1. The molecule has 0 fully saturated rings. The van der Waals surface area contributed by atoms with Crippen molar-refractivity contribution in [3.63, 3.8) is 0 Å². The molecule has 0 aliphatic heterocycles. The zero-order valence-electron chi connectivity index (χ0n) is 19.7. The Balaban J connectivity index is -0.0000000713. The summed E-state index contributed by atoms with van der Waals surface area (Å²) in [5.41, 5.74) is 0.871. The van der Waals surface area contributed by atoms with E-state index in [1.54, 1.807) is 0 Å². The fourth-order valence-corrected chi connectivity index (χ4v) is 1.51. The van der Waals surface area contributed by atoms with Gasteiger partial charge in [0.15, 0.2) is 5.91 Å². The number of carbonyl (C=O) groups excluding carboxylic acids is 2. The van der Waals surface area contributed by atoms with Crippen LogP contribution >= 0.6 is 0 Å². The molecule has 5 heteroatoms. The Hall–Kier alpha value is 1.35. The largest absolute Gasteiger partial charge is 0.388 e. The summed E-state index contributed by atoms with van der Waals surface area (Å²) in [4.78, 5) is 21.1. The Bertz CT molecular complexity index is 346. The second-order valence-electron chi connectivity index (χ2n) is 8.82. The van der Waals surface area contributed by atoms with E-state index in [0.717, 1.165) is 19.3 Å². The summed E-state index contributed by atoms with van der Waals surface area (Å²) in [6, 6.07) is 0. The number of rotatable bonds is 8. The van der Waals surface area contributed by atoms with Gasteiger partial charge in [-0.2, -0.15) is 6.42 Å². The van der Waals surface area contributed by atoms with E-state index in [1.807, 2.05) is 0 Å². The third-order valence-electron chi connectivity index (χ3n) is 3.46. The van der Waals surface area contributed by atoms with Gasteiger partial charge in [0.1, 0.15) is 5.78 Å². The number of hydrogen-bond donors (Lipinski definition) is 1. The minimum atomic E-state index is -0.0463. The van der Waals surface area contributed by atoms with Crippen LogP contribution < -0.4 is 5.32 Å². The molecule has 0 aromatic heterocycles. The number of amides is 1. The number of nitrogens with one attached hydrogen (secondary N) is 1. The molecule has 0 saturated carbocycles. The van der Waals surface area contributed by atoms with Crippen molar-refractivity contribution >= 4 is 11.7 Å². The molecule has 0 spiro atoms. The van der Waals surface area contributed by atoms with Gasteiger partial charge >= 0.3 is 0 Å². The van der Waals surface area contributed by atoms with E-state index in [4.69, 9.17) is 0 Å². The maximum absolute atomic E-state index is 10.9. The second kappa shape index (κ2) is 27.4. The van der Waals surface area contributed by atoms with Crippen LogP contribution in [0.1, 0.15) is 100 Å². The zero-order chi connectivity index (χ0) is 21.2. The van der Waals surface area contributed by atoms with Crippen molar-refractivity contribution in [3.05, 3.63) is 27.7 Å². The van der Waals surface area contributed by atoms with Crippen LogP contribution in [-0.2, 0) is 75.0 Å². The molecule has 0 heterocycles. The summed E-state index contributed by atoms with van der Waals surface area (Å²) >= 11 is 0. The molecule has 0 unspecified atom stereocenters. The first kappa shape index (κ1) is 44.1. The predicted molar refractivity (Wildman–Crippen MR) is 122 cm³/mol. The number of hydrogen-bond acceptors (Lipinski definition) is 2. The van der Waals surface area contributed by atoms with E-state index >= 15 is 0 Å². The van der Waals surface area contributed by atoms with Gasteiger partial charge in [0.2, 0.25) is 0 Å². The van der Waals surface area contributed by atoms with Crippen LogP contribution in [0, 0.1) is 38.5 Å². The molecule has 29 heavy (non-hydrogen) atoms. The third-order valence-corrected chi connectivity index (χ3v) is 3.46. The van der Waals surface area contributed by atoms with Gasteiger partial charge in [0.25, 0.3) is 0 Å². The number of Topliss-reactive ketones (excluding diaryl/α,β-unsaturated/α-hetero) is 1. The molecule has 1 amide bonds. The van der Waals surface area contributed by atoms with Crippen molar-refractivity contribution in [2.24, 2.45) is 10.8 Å². The van der Waals surface area contributed by atoms with E-state index in [-0.39, 0.29) is 78.8 Å². The van der Waals surface area contributed by atoms with E-state index in [0.29, 0.717) is 36.0 Å². The fourth-order valence-electron chi connectivity index (χ4n) is 1.51. The second-order valence-corrected chi connectivity index (χ2v) is 8.82. The van der Waals surface area contributed by atoms with Gasteiger partial charge in [-0.05, 0) is 18.3 Å². The third kappa shape index (κ3) is 53.0. The summed E-state index contributed by atoms with van der Waals surface area (Å²) in [6.45, 7) is 27.9. The first-order valence-corrected chi connectivity index (χ1v) is 9.78. The van der Waals surface area contributed by atoms with Gasteiger partial charge in [-0.15, -0.1) is 19.4 Å². The van der Waals surface area contributed by atoms with Crippen LogP contribution in [0.2, 0.25) is 0 Å². The monoisotopic (exact) mass is 561 g/mol. The summed E-state index contributed by atoms with van der Waals surface area (Å²) in [5, 5.41) is 2.48. The maximum atomic E-state index is 10.9. The van der Waals surface area contributed by atoms with Crippen LogP contribution in [0.15, 0.2) is 0 Å². The van der Waals surface area contributed by atoms with Crippen LogP contribution in [0.3, 0.4) is 0 Å². The summed E-state index contributed by atoms with van der Waals surface area (Å²) in [5.74, 6) is 0.255. The first-order chi connectivity index (χ1) is 11.8. The molecule has 172 valence electrons. The van der Waals surface area contributed by atoms with Gasteiger partial charge in [0.05, 0.1) is 0 Å². The molecule has 3 nitrogen and oxygen atoms in total. The zero-order valence-corrected chi connectivity index (χ0v) is 25.3. The summed E-state index contributed by atoms with van der Waals surface area (Å²) < 4.78 is 0. The van der Waals surface area contributed by atoms with E-state index in [1.165, 1.54) is 19.3 Å². The van der Waals surface area contributed by atoms with Crippen molar-refractivity contribution < 1.29 is 75.0 Å². The fraction of sp³-hybridized carbons (Fsp3) is 0.750. The van der Waals surface area contributed by atoms with Crippen molar-refractivity contribution in [1.82, 2.24) is 5.32 Å². The van der Waals surface area contributed by atoms with Gasteiger partial charge in [-0.3, -0.25) is 4.79 Å². The standard InChI is InChI=1S/C12H23O.C6H13.C5H9NO.CH4.2Y/c1-5-11(13)9-7-6-8-10-12(2,3)4;1-5-6(2,3)4;1-3-5(7)6-4-2;;;/h1,5-10H2,2-4H3;1,5H2,2-4H3;1-4H2,(H,6,7);1H4;;/q2*-1;-2;;;. The van der Waals surface area contributed by atoms with Gasteiger partial charge in [-0.25, -0.2) is 0 Å². The van der Waals surface area contributed by atoms with Crippen LogP contribution in [0.4, 0.5) is 0 Å². The van der Waals surface area contributed by atoms with Crippen molar-refractivity contribution in [2.75, 3.05) is 6.54 Å². The molecule has 0 aromatic carbocycles. The Kier molecular flexibility index (Phi) is 41.6.